The number of H-pyrrole nitrogens is 1. The second kappa shape index (κ2) is 5.86. The molecule has 0 aliphatic carbocycles. The van der Waals surface area contributed by atoms with Crippen molar-refractivity contribution < 1.29 is 23.7 Å². The number of benzene rings is 1. The summed E-state index contributed by atoms with van der Waals surface area (Å²) in [6, 6.07) is 8.34. The summed E-state index contributed by atoms with van der Waals surface area (Å²) in [5, 5.41) is 13.0. The van der Waals surface area contributed by atoms with Gasteiger partial charge in [0.05, 0.1) is 23.4 Å². The number of imide groups is 1. The van der Waals surface area contributed by atoms with Gasteiger partial charge in [0, 0.05) is 24.5 Å². The molecule has 1 saturated heterocycles. The molecule has 1 N–H and O–H groups in total. The van der Waals surface area contributed by atoms with Crippen LogP contribution in [0.1, 0.15) is 28.8 Å². The van der Waals surface area contributed by atoms with Crippen molar-refractivity contribution in [3.63, 3.8) is 0 Å². The summed E-state index contributed by atoms with van der Waals surface area (Å²) in [5.41, 5.74) is 1.62. The second-order valence-corrected chi connectivity index (χ2v) is 5.70. The molecule has 3 aromatic rings. The fraction of sp³-hybridized carbons (Fsp3) is 0.118. The fourth-order valence-corrected chi connectivity index (χ4v) is 2.76. The molecule has 0 saturated carbocycles. The van der Waals surface area contributed by atoms with Gasteiger partial charge in [-0.2, -0.15) is 10.4 Å². The number of nitrogens with zero attached hydrogens (tertiary/aromatic N) is 4. The van der Waals surface area contributed by atoms with E-state index in [1.165, 1.54) is 12.1 Å². The molecular weight excluding hydrogens is 338 g/mol. The second-order valence-electron chi connectivity index (χ2n) is 5.70. The van der Waals surface area contributed by atoms with E-state index in [2.05, 4.69) is 5.10 Å². The number of carbonyl (C=O) groups excluding carboxylic acids is 3. The summed E-state index contributed by atoms with van der Waals surface area (Å²) in [6.07, 6.45) is 5.49. The molecule has 26 heavy (non-hydrogen) atoms. The highest BCUT2D eigenvalue weighted by molar-refractivity contribution is 6.02. The average molecular weight is 350 g/mol. The van der Waals surface area contributed by atoms with E-state index in [1.54, 1.807) is 21.4 Å². The third-order valence-electron chi connectivity index (χ3n) is 4.06. The van der Waals surface area contributed by atoms with Crippen molar-refractivity contribution in [2.45, 2.75) is 12.8 Å². The first-order valence-electron chi connectivity index (χ1n) is 7.77. The third-order valence-corrected chi connectivity index (χ3v) is 4.06. The Hall–Kier alpha value is -3.93. The number of fused-ring (bicyclic) bond motifs is 1. The Morgan fingerprint density at radius 1 is 1.27 bits per heavy atom. The molecule has 128 valence electrons. The van der Waals surface area contributed by atoms with Crippen molar-refractivity contribution in [2.24, 2.45) is 0 Å². The van der Waals surface area contributed by atoms with Crippen molar-refractivity contribution in [3.05, 3.63) is 54.0 Å². The van der Waals surface area contributed by atoms with Crippen molar-refractivity contribution in [1.29, 1.82) is 5.26 Å². The first kappa shape index (κ1) is 15.6. The van der Waals surface area contributed by atoms with E-state index in [1.807, 2.05) is 24.5 Å². The van der Waals surface area contributed by atoms with Gasteiger partial charge < -0.3 is 4.84 Å². The number of rotatable bonds is 3. The quantitative estimate of drug-likeness (QED) is 0.549. The standard InChI is InChI=1S/C17H12N5O4/c18-9-12-8-11(17(25)26-22-15(23)4-5-16(22)24)2-3-13(12)14-10-20-6-1-7-21(20)19-14/h1-3,6-8,10,19H,4-5H2/q+1. The zero-order valence-electron chi connectivity index (χ0n) is 13.4. The zero-order valence-corrected chi connectivity index (χ0v) is 13.4. The summed E-state index contributed by atoms with van der Waals surface area (Å²) in [5.74, 6) is -1.98. The minimum absolute atomic E-state index is 0.0206. The summed E-state index contributed by atoms with van der Waals surface area (Å²) >= 11 is 0. The number of aromatic nitrogens is 3. The molecule has 1 aliphatic heterocycles. The van der Waals surface area contributed by atoms with E-state index in [0.717, 1.165) is 0 Å². The van der Waals surface area contributed by atoms with Crippen LogP contribution in [0.15, 0.2) is 42.9 Å². The van der Waals surface area contributed by atoms with Crippen LogP contribution in [0.25, 0.3) is 11.3 Å². The third kappa shape index (κ3) is 2.50. The van der Waals surface area contributed by atoms with Crippen LogP contribution in [0.4, 0.5) is 0 Å². The lowest BCUT2D eigenvalue weighted by molar-refractivity contribution is -0.617. The number of nitrogens with one attached hydrogen (secondary N) is 1. The van der Waals surface area contributed by atoms with Crippen molar-refractivity contribution in [3.8, 4) is 17.3 Å². The highest BCUT2D eigenvalue weighted by Crippen LogP contribution is 2.23. The molecule has 0 radical (unpaired) electrons. The van der Waals surface area contributed by atoms with Crippen molar-refractivity contribution in [1.82, 2.24) is 14.8 Å². The molecule has 9 nitrogen and oxygen atoms in total. The molecule has 1 aliphatic rings. The van der Waals surface area contributed by atoms with Crippen molar-refractivity contribution in [2.75, 3.05) is 0 Å². The summed E-state index contributed by atoms with van der Waals surface area (Å²) < 4.78 is 3.52. The molecule has 4 rings (SSSR count). The van der Waals surface area contributed by atoms with E-state index in [9.17, 15) is 19.6 Å². The summed E-state index contributed by atoms with van der Waals surface area (Å²) in [7, 11) is 0. The highest BCUT2D eigenvalue weighted by Gasteiger charge is 2.33. The van der Waals surface area contributed by atoms with Gasteiger partial charge in [0.25, 0.3) is 11.8 Å². The van der Waals surface area contributed by atoms with E-state index in [4.69, 9.17) is 4.84 Å². The Kier molecular flexibility index (Phi) is 3.51. The number of nitriles is 1. The predicted octanol–water partition coefficient (Wildman–Crippen LogP) is 0.612. The molecule has 0 unspecified atom stereocenters. The average Bonchev–Trinajstić information content (AvgIpc) is 3.32. The Balaban J connectivity index is 1.64. The van der Waals surface area contributed by atoms with E-state index in [0.29, 0.717) is 16.3 Å². The molecule has 1 aromatic carbocycles. The Morgan fingerprint density at radius 3 is 2.73 bits per heavy atom. The number of hydrogen-bond acceptors (Lipinski definition) is 5. The smallest absolute Gasteiger partial charge is 0.325 e. The number of carbonyl (C=O) groups is 3. The largest absolute Gasteiger partial charge is 0.363 e. The van der Waals surface area contributed by atoms with Gasteiger partial charge in [-0.15, -0.1) is 9.58 Å². The van der Waals surface area contributed by atoms with Gasteiger partial charge in [0.15, 0.2) is 11.9 Å². The molecule has 2 amide bonds. The molecular formula is C17H12N5O4+. The van der Waals surface area contributed by atoms with Crippen LogP contribution in [0.3, 0.4) is 0 Å². The number of amides is 2. The van der Waals surface area contributed by atoms with E-state index < -0.39 is 17.8 Å². The summed E-state index contributed by atoms with van der Waals surface area (Å²) in [4.78, 5) is 40.2. The van der Waals surface area contributed by atoms with Gasteiger partial charge in [0.1, 0.15) is 6.20 Å². The van der Waals surface area contributed by atoms with Gasteiger partial charge in [-0.25, -0.2) is 4.79 Å². The minimum atomic E-state index is -0.870. The molecule has 9 heteroatoms. The number of aromatic amines is 1. The molecule has 2 aromatic heterocycles. The monoisotopic (exact) mass is 350 g/mol. The van der Waals surface area contributed by atoms with Gasteiger partial charge >= 0.3 is 5.97 Å². The molecule has 3 heterocycles. The first-order chi connectivity index (χ1) is 12.6. The van der Waals surface area contributed by atoms with Crippen LogP contribution in [0.5, 0.6) is 0 Å². The van der Waals surface area contributed by atoms with E-state index in [-0.39, 0.29) is 24.0 Å². The van der Waals surface area contributed by atoms with Gasteiger partial charge in [-0.1, -0.05) is 4.63 Å². The summed E-state index contributed by atoms with van der Waals surface area (Å²) in [6.45, 7) is 0. The zero-order chi connectivity index (χ0) is 18.3. The maximum absolute atomic E-state index is 12.2. The SMILES string of the molecule is N#Cc1cc(C(=O)ON2C(=O)CCC2=O)ccc1-c1c[n+]2cccn2[nH]1. The normalized spacial score (nSPS) is 14.0. The van der Waals surface area contributed by atoms with Gasteiger partial charge in [0.2, 0.25) is 0 Å². The topological polar surface area (TPSA) is 112 Å². The highest BCUT2D eigenvalue weighted by atomic mass is 16.7. The lowest BCUT2D eigenvalue weighted by atomic mass is 10.0. The van der Waals surface area contributed by atoms with Gasteiger partial charge in [-0.3, -0.25) is 9.59 Å². The fourth-order valence-electron chi connectivity index (χ4n) is 2.76. The number of hydrogen-bond donors (Lipinski definition) is 1. The molecule has 0 spiro atoms. The molecule has 0 bridgehead atoms. The maximum Gasteiger partial charge on any atom is 0.363 e. The Labute approximate surface area is 146 Å². The van der Waals surface area contributed by atoms with Crippen LogP contribution in [0, 0.1) is 11.3 Å². The van der Waals surface area contributed by atoms with Crippen LogP contribution in [-0.4, -0.2) is 32.6 Å². The molecule has 0 atom stereocenters. The van der Waals surface area contributed by atoms with Crippen LogP contribution in [0.2, 0.25) is 0 Å². The number of hydroxylamine groups is 2. The Bertz CT molecular complexity index is 1060. The van der Waals surface area contributed by atoms with E-state index >= 15 is 0 Å². The lowest BCUT2D eigenvalue weighted by Gasteiger charge is -2.12. The maximum atomic E-state index is 12.2. The van der Waals surface area contributed by atoms with Gasteiger partial charge in [-0.05, 0) is 18.2 Å². The van der Waals surface area contributed by atoms with Crippen LogP contribution in [-0.2, 0) is 14.4 Å². The lowest BCUT2D eigenvalue weighted by Crippen LogP contribution is -2.32. The van der Waals surface area contributed by atoms with Crippen LogP contribution < -0.4 is 4.52 Å². The minimum Gasteiger partial charge on any atom is -0.325 e. The van der Waals surface area contributed by atoms with Crippen molar-refractivity contribution >= 4 is 17.8 Å². The Morgan fingerprint density at radius 2 is 2.04 bits per heavy atom. The predicted molar refractivity (Wildman–Crippen MR) is 84.1 cm³/mol. The first-order valence-corrected chi connectivity index (χ1v) is 7.77. The molecule has 1 fully saturated rings. The van der Waals surface area contributed by atoms with Crippen LogP contribution >= 0.6 is 0 Å².